The van der Waals surface area contributed by atoms with Crippen LogP contribution in [0.25, 0.3) is 0 Å². The minimum absolute atomic E-state index is 0.0455. The number of hydrogen-bond acceptors (Lipinski definition) is 5. The normalized spacial score (nSPS) is 20.3. The van der Waals surface area contributed by atoms with Crippen molar-refractivity contribution in [1.82, 2.24) is 10.6 Å². The van der Waals surface area contributed by atoms with Crippen molar-refractivity contribution in [1.29, 1.82) is 0 Å². The molecular formula is C18H25N3O5. The number of amides is 2. The first-order chi connectivity index (χ1) is 12.4. The highest BCUT2D eigenvalue weighted by Crippen LogP contribution is 2.26. The molecule has 0 saturated heterocycles. The van der Waals surface area contributed by atoms with Gasteiger partial charge in [-0.15, -0.1) is 0 Å². The molecule has 8 nitrogen and oxygen atoms in total. The van der Waals surface area contributed by atoms with Crippen LogP contribution in [0.2, 0.25) is 0 Å². The lowest BCUT2D eigenvalue weighted by molar-refractivity contribution is -0.142. The second-order valence-electron chi connectivity index (χ2n) is 6.50. The van der Waals surface area contributed by atoms with E-state index in [1.165, 1.54) is 24.3 Å². The Morgan fingerprint density at radius 3 is 2.69 bits per heavy atom. The zero-order valence-electron chi connectivity index (χ0n) is 14.5. The summed E-state index contributed by atoms with van der Waals surface area (Å²) in [7, 11) is 0. The Balaban J connectivity index is 2.04. The molecule has 1 aliphatic carbocycles. The summed E-state index contributed by atoms with van der Waals surface area (Å²) in [6, 6.07) is 4.58. The van der Waals surface area contributed by atoms with Crippen molar-refractivity contribution < 1.29 is 24.6 Å². The fourth-order valence-corrected chi connectivity index (χ4v) is 3.19. The summed E-state index contributed by atoms with van der Waals surface area (Å²) in [4.78, 5) is 36.2. The van der Waals surface area contributed by atoms with E-state index in [0.29, 0.717) is 32.2 Å². The van der Waals surface area contributed by atoms with Gasteiger partial charge in [0.2, 0.25) is 5.91 Å². The molecule has 0 spiro atoms. The van der Waals surface area contributed by atoms with E-state index in [0.717, 1.165) is 6.42 Å². The molecule has 8 heteroatoms. The second-order valence-corrected chi connectivity index (χ2v) is 6.50. The van der Waals surface area contributed by atoms with Crippen molar-refractivity contribution in [3.63, 3.8) is 0 Å². The Kier molecular flexibility index (Phi) is 6.97. The molecule has 0 aromatic heterocycles. The third-order valence-corrected chi connectivity index (χ3v) is 4.59. The summed E-state index contributed by atoms with van der Waals surface area (Å²) in [5.74, 6) is -2.47. The van der Waals surface area contributed by atoms with Crippen LogP contribution in [0.4, 0.5) is 0 Å². The van der Waals surface area contributed by atoms with Crippen molar-refractivity contribution in [3.05, 3.63) is 29.8 Å². The lowest BCUT2D eigenvalue weighted by Crippen LogP contribution is -2.51. The predicted octanol–water partition coefficient (Wildman–Crippen LogP) is 0.599. The van der Waals surface area contributed by atoms with Crippen LogP contribution in [-0.4, -0.2) is 46.6 Å². The fraction of sp³-hybridized carbons (Fsp3) is 0.500. The van der Waals surface area contributed by atoms with E-state index in [1.54, 1.807) is 0 Å². The lowest BCUT2D eigenvalue weighted by atomic mass is 10.0. The van der Waals surface area contributed by atoms with Gasteiger partial charge in [0.1, 0.15) is 11.8 Å². The Bertz CT molecular complexity index is 664. The molecular weight excluding hydrogens is 338 g/mol. The van der Waals surface area contributed by atoms with Gasteiger partial charge in [-0.05, 0) is 50.4 Å². The number of nitrogens with two attached hydrogens (primary N) is 1. The number of aromatic hydroxyl groups is 1. The molecule has 0 heterocycles. The number of phenols is 1. The van der Waals surface area contributed by atoms with Gasteiger partial charge in [-0.2, -0.15) is 0 Å². The van der Waals surface area contributed by atoms with E-state index in [-0.39, 0.29) is 11.3 Å². The number of phenolic OH excluding ortho intramolecular Hbond substituents is 1. The third-order valence-electron chi connectivity index (χ3n) is 4.59. The SMILES string of the molecule is NCCCC(NC(=O)c1cccc(O)c1)C(=O)NC1CCCC1C(=O)O. The van der Waals surface area contributed by atoms with Crippen LogP contribution >= 0.6 is 0 Å². The maximum absolute atomic E-state index is 12.6. The van der Waals surface area contributed by atoms with E-state index < -0.39 is 35.8 Å². The number of carbonyl (C=O) groups excluding carboxylic acids is 2. The van der Waals surface area contributed by atoms with Crippen LogP contribution in [-0.2, 0) is 9.59 Å². The highest BCUT2D eigenvalue weighted by Gasteiger charge is 2.35. The first kappa shape index (κ1) is 19.7. The lowest BCUT2D eigenvalue weighted by Gasteiger charge is -2.23. The van der Waals surface area contributed by atoms with Gasteiger partial charge in [-0.3, -0.25) is 14.4 Å². The molecule has 6 N–H and O–H groups in total. The number of carboxylic acid groups (broad SMARTS) is 1. The number of carboxylic acids is 1. The molecule has 1 aliphatic rings. The molecule has 1 aromatic rings. The molecule has 2 rings (SSSR count). The highest BCUT2D eigenvalue weighted by molar-refractivity contribution is 5.97. The minimum Gasteiger partial charge on any atom is -0.508 e. The van der Waals surface area contributed by atoms with Crippen molar-refractivity contribution in [2.24, 2.45) is 11.7 Å². The van der Waals surface area contributed by atoms with Crippen LogP contribution in [0.5, 0.6) is 5.75 Å². The topological polar surface area (TPSA) is 142 Å². The first-order valence-corrected chi connectivity index (χ1v) is 8.75. The van der Waals surface area contributed by atoms with Gasteiger partial charge < -0.3 is 26.6 Å². The Labute approximate surface area is 151 Å². The predicted molar refractivity (Wildman–Crippen MR) is 94.6 cm³/mol. The van der Waals surface area contributed by atoms with E-state index in [2.05, 4.69) is 10.6 Å². The van der Waals surface area contributed by atoms with Crippen molar-refractivity contribution in [2.45, 2.75) is 44.2 Å². The zero-order chi connectivity index (χ0) is 19.1. The van der Waals surface area contributed by atoms with E-state index in [4.69, 9.17) is 5.73 Å². The largest absolute Gasteiger partial charge is 0.508 e. The van der Waals surface area contributed by atoms with E-state index in [9.17, 15) is 24.6 Å². The van der Waals surface area contributed by atoms with Crippen molar-refractivity contribution in [2.75, 3.05) is 6.54 Å². The van der Waals surface area contributed by atoms with Crippen molar-refractivity contribution in [3.8, 4) is 5.75 Å². The zero-order valence-corrected chi connectivity index (χ0v) is 14.5. The van der Waals surface area contributed by atoms with E-state index in [1.807, 2.05) is 0 Å². The maximum atomic E-state index is 12.6. The molecule has 1 aromatic carbocycles. The van der Waals surface area contributed by atoms with Gasteiger partial charge >= 0.3 is 5.97 Å². The summed E-state index contributed by atoms with van der Waals surface area (Å²) >= 11 is 0. The molecule has 3 unspecified atom stereocenters. The maximum Gasteiger partial charge on any atom is 0.308 e. The smallest absolute Gasteiger partial charge is 0.308 e. The number of carbonyl (C=O) groups is 3. The minimum atomic E-state index is -0.921. The number of hydrogen-bond donors (Lipinski definition) is 5. The van der Waals surface area contributed by atoms with Gasteiger partial charge in [0.25, 0.3) is 5.91 Å². The monoisotopic (exact) mass is 363 g/mol. The fourth-order valence-electron chi connectivity index (χ4n) is 3.19. The first-order valence-electron chi connectivity index (χ1n) is 8.75. The summed E-state index contributed by atoms with van der Waals surface area (Å²) < 4.78 is 0. The Morgan fingerprint density at radius 2 is 2.04 bits per heavy atom. The molecule has 0 aliphatic heterocycles. The molecule has 0 radical (unpaired) electrons. The number of nitrogens with one attached hydrogen (secondary N) is 2. The van der Waals surface area contributed by atoms with Gasteiger partial charge in [0.05, 0.1) is 5.92 Å². The molecule has 0 bridgehead atoms. The molecule has 26 heavy (non-hydrogen) atoms. The highest BCUT2D eigenvalue weighted by atomic mass is 16.4. The van der Waals surface area contributed by atoms with Gasteiger partial charge in [-0.25, -0.2) is 0 Å². The number of rotatable bonds is 8. The van der Waals surface area contributed by atoms with Gasteiger partial charge in [0, 0.05) is 11.6 Å². The standard InChI is InChI=1S/C18H25N3O5/c19-9-3-8-15(21-16(23)11-4-1-5-12(22)10-11)17(24)20-14-7-2-6-13(14)18(25)26/h1,4-5,10,13-15,22H,2-3,6-9,19H2,(H,20,24)(H,21,23)(H,25,26). The van der Waals surface area contributed by atoms with Crippen LogP contribution in [0.1, 0.15) is 42.5 Å². The molecule has 1 fully saturated rings. The van der Waals surface area contributed by atoms with Crippen LogP contribution in [0, 0.1) is 5.92 Å². The molecule has 2 amide bonds. The molecule has 1 saturated carbocycles. The molecule has 3 atom stereocenters. The summed E-state index contributed by atoms with van der Waals surface area (Å²) in [6.45, 7) is 0.368. The summed E-state index contributed by atoms with van der Waals surface area (Å²) in [5.41, 5.74) is 5.74. The van der Waals surface area contributed by atoms with Gasteiger partial charge in [-0.1, -0.05) is 12.5 Å². The molecule has 142 valence electrons. The Hall–Kier alpha value is -2.61. The number of aliphatic carboxylic acids is 1. The van der Waals surface area contributed by atoms with Crippen LogP contribution in [0.15, 0.2) is 24.3 Å². The average molecular weight is 363 g/mol. The second kappa shape index (κ2) is 9.19. The van der Waals surface area contributed by atoms with Crippen LogP contribution < -0.4 is 16.4 Å². The quantitative estimate of drug-likeness (QED) is 0.458. The third kappa shape index (κ3) is 5.19. The van der Waals surface area contributed by atoms with Crippen LogP contribution in [0.3, 0.4) is 0 Å². The van der Waals surface area contributed by atoms with Gasteiger partial charge in [0.15, 0.2) is 0 Å². The van der Waals surface area contributed by atoms with E-state index >= 15 is 0 Å². The summed E-state index contributed by atoms with van der Waals surface area (Å²) in [5, 5.41) is 24.1. The Morgan fingerprint density at radius 1 is 1.27 bits per heavy atom. The summed E-state index contributed by atoms with van der Waals surface area (Å²) in [6.07, 6.45) is 2.75. The number of benzene rings is 1. The van der Waals surface area contributed by atoms with Crippen molar-refractivity contribution >= 4 is 17.8 Å². The average Bonchev–Trinajstić information content (AvgIpc) is 3.06.